The van der Waals surface area contributed by atoms with Gasteiger partial charge in [0.25, 0.3) is 0 Å². The number of ether oxygens (including phenoxy) is 1. The van der Waals surface area contributed by atoms with Crippen molar-refractivity contribution in [2.75, 3.05) is 13.2 Å². The average molecular weight is 469 g/mol. The van der Waals surface area contributed by atoms with Crippen LogP contribution in [0.15, 0.2) is 54.7 Å². The Morgan fingerprint density at radius 2 is 1.97 bits per heavy atom. The van der Waals surface area contributed by atoms with Crippen molar-refractivity contribution in [1.29, 1.82) is 0 Å². The second-order valence-corrected chi connectivity index (χ2v) is 8.52. The lowest BCUT2D eigenvalue weighted by atomic mass is 9.97. The molecule has 2 unspecified atom stereocenters. The van der Waals surface area contributed by atoms with Crippen LogP contribution in [-0.4, -0.2) is 38.7 Å². The molecule has 4 rings (SSSR count). The molecule has 0 amide bonds. The summed E-state index contributed by atoms with van der Waals surface area (Å²) in [5.74, 6) is -0.310. The van der Waals surface area contributed by atoms with Crippen molar-refractivity contribution in [3.63, 3.8) is 0 Å². The molecular formula is C24H25ClN4O2S. The fourth-order valence-electron chi connectivity index (χ4n) is 4.33. The fourth-order valence-corrected chi connectivity index (χ4v) is 4.77. The standard InChI is InChI=1S/C24H25ClN4O2S/c1-4-31-21(30)14-28-23(22(27-24(28)32)20-7-5-6-12-26-20)19-13-15(2)29(16(19)3)18-10-8-17(25)9-11-18/h5-13,22-23H,4,14H2,1-3H3,(H,27,32). The first kappa shape index (κ1) is 22.3. The van der Waals surface area contributed by atoms with Crippen LogP contribution in [0.3, 0.4) is 0 Å². The number of pyridine rings is 1. The van der Waals surface area contributed by atoms with E-state index in [4.69, 9.17) is 28.6 Å². The first-order chi connectivity index (χ1) is 15.4. The van der Waals surface area contributed by atoms with Gasteiger partial charge in [-0.25, -0.2) is 0 Å². The highest BCUT2D eigenvalue weighted by atomic mass is 35.5. The van der Waals surface area contributed by atoms with Gasteiger partial charge in [0.1, 0.15) is 6.54 Å². The van der Waals surface area contributed by atoms with Gasteiger partial charge in [-0.15, -0.1) is 0 Å². The summed E-state index contributed by atoms with van der Waals surface area (Å²) in [6.45, 7) is 6.34. The maximum Gasteiger partial charge on any atom is 0.325 e. The number of benzene rings is 1. The minimum absolute atomic E-state index is 0.0677. The van der Waals surface area contributed by atoms with Crippen LogP contribution in [0.2, 0.25) is 5.02 Å². The third-order valence-corrected chi connectivity index (χ3v) is 6.28. The van der Waals surface area contributed by atoms with Crippen molar-refractivity contribution in [3.05, 3.63) is 82.4 Å². The molecule has 166 valence electrons. The Morgan fingerprint density at radius 1 is 1.22 bits per heavy atom. The van der Waals surface area contributed by atoms with Gasteiger partial charge in [0.2, 0.25) is 0 Å². The smallest absolute Gasteiger partial charge is 0.325 e. The topological polar surface area (TPSA) is 59.4 Å². The summed E-state index contributed by atoms with van der Waals surface area (Å²) in [5, 5.41) is 4.58. The zero-order valence-corrected chi connectivity index (χ0v) is 19.8. The molecule has 1 saturated heterocycles. The predicted molar refractivity (Wildman–Crippen MR) is 129 cm³/mol. The lowest BCUT2D eigenvalue weighted by Crippen LogP contribution is -2.35. The van der Waals surface area contributed by atoms with E-state index in [1.165, 1.54) is 0 Å². The van der Waals surface area contributed by atoms with Crippen molar-refractivity contribution in [1.82, 2.24) is 19.8 Å². The molecule has 2 aromatic heterocycles. The third-order valence-electron chi connectivity index (χ3n) is 5.68. The van der Waals surface area contributed by atoms with Crippen molar-refractivity contribution < 1.29 is 9.53 Å². The van der Waals surface area contributed by atoms with Crippen molar-refractivity contribution in [2.45, 2.75) is 32.9 Å². The molecule has 8 heteroatoms. The highest BCUT2D eigenvalue weighted by Gasteiger charge is 2.42. The number of rotatable bonds is 6. The number of hydrogen-bond donors (Lipinski definition) is 1. The number of aryl methyl sites for hydroxylation is 1. The van der Waals surface area contributed by atoms with Gasteiger partial charge >= 0.3 is 5.97 Å². The minimum atomic E-state index is -0.310. The molecule has 0 saturated carbocycles. The molecule has 3 heterocycles. The lowest BCUT2D eigenvalue weighted by Gasteiger charge is -2.27. The Kier molecular flexibility index (Phi) is 6.48. The van der Waals surface area contributed by atoms with Gasteiger partial charge in [-0.3, -0.25) is 9.78 Å². The molecule has 1 fully saturated rings. The molecule has 1 aliphatic rings. The molecule has 6 nitrogen and oxygen atoms in total. The molecule has 0 spiro atoms. The van der Waals surface area contributed by atoms with Crippen LogP contribution in [-0.2, 0) is 9.53 Å². The second kappa shape index (κ2) is 9.30. The molecule has 0 aliphatic carbocycles. The molecule has 32 heavy (non-hydrogen) atoms. The molecule has 3 aromatic rings. The zero-order valence-electron chi connectivity index (χ0n) is 18.2. The summed E-state index contributed by atoms with van der Waals surface area (Å²) < 4.78 is 7.40. The van der Waals surface area contributed by atoms with Crippen LogP contribution in [0.5, 0.6) is 0 Å². The van der Waals surface area contributed by atoms with Crippen LogP contribution < -0.4 is 5.32 Å². The number of aromatic nitrogens is 2. The van der Waals surface area contributed by atoms with Gasteiger partial charge in [0.05, 0.1) is 24.4 Å². The average Bonchev–Trinajstić information content (AvgIpc) is 3.25. The summed E-state index contributed by atoms with van der Waals surface area (Å²) in [5.41, 5.74) is 5.10. The van der Waals surface area contributed by atoms with Crippen LogP contribution in [0, 0.1) is 13.8 Å². The maximum atomic E-state index is 12.4. The van der Waals surface area contributed by atoms with Gasteiger partial charge in [-0.05, 0) is 81.0 Å². The number of nitrogens with zero attached hydrogens (tertiary/aromatic N) is 3. The Hall–Kier alpha value is -2.90. The predicted octanol–water partition coefficient (Wildman–Crippen LogP) is 4.68. The van der Waals surface area contributed by atoms with Crippen LogP contribution >= 0.6 is 23.8 Å². The summed E-state index contributed by atoms with van der Waals surface area (Å²) in [7, 11) is 0. The van der Waals surface area contributed by atoms with Crippen molar-refractivity contribution in [3.8, 4) is 5.69 Å². The van der Waals surface area contributed by atoms with E-state index >= 15 is 0 Å². The van der Waals surface area contributed by atoms with E-state index in [2.05, 4.69) is 34.8 Å². The Morgan fingerprint density at radius 3 is 2.62 bits per heavy atom. The van der Waals surface area contributed by atoms with Gasteiger partial charge in [0.15, 0.2) is 5.11 Å². The second-order valence-electron chi connectivity index (χ2n) is 7.70. The molecule has 1 aliphatic heterocycles. The Bertz CT molecular complexity index is 1130. The summed E-state index contributed by atoms with van der Waals surface area (Å²) in [4.78, 5) is 18.9. The first-order valence-electron chi connectivity index (χ1n) is 10.5. The van der Waals surface area contributed by atoms with Crippen LogP contribution in [0.25, 0.3) is 5.69 Å². The third kappa shape index (κ3) is 4.23. The van der Waals surface area contributed by atoms with E-state index < -0.39 is 0 Å². The number of carbonyl (C=O) groups is 1. The summed E-state index contributed by atoms with van der Waals surface area (Å²) in [6, 6.07) is 15.3. The van der Waals surface area contributed by atoms with Gasteiger partial charge in [-0.2, -0.15) is 0 Å². The number of thiocarbonyl (C=S) groups is 1. The van der Waals surface area contributed by atoms with Crippen LogP contribution in [0.4, 0.5) is 0 Å². The SMILES string of the molecule is CCOC(=O)CN1C(=S)NC(c2ccccn2)C1c1cc(C)n(-c2ccc(Cl)cc2)c1C. The number of hydrogen-bond acceptors (Lipinski definition) is 4. The van der Waals surface area contributed by atoms with Gasteiger partial charge < -0.3 is 19.5 Å². The Balaban J connectivity index is 1.80. The normalized spacial score (nSPS) is 18.0. The monoisotopic (exact) mass is 468 g/mol. The highest BCUT2D eigenvalue weighted by Crippen LogP contribution is 2.41. The van der Waals surface area contributed by atoms with Gasteiger partial charge in [0, 0.05) is 28.3 Å². The number of esters is 1. The molecular weight excluding hydrogens is 444 g/mol. The largest absolute Gasteiger partial charge is 0.465 e. The Labute approximate surface area is 198 Å². The van der Waals surface area contributed by atoms with Gasteiger partial charge in [-0.1, -0.05) is 17.7 Å². The number of nitrogens with one attached hydrogen (secondary N) is 1. The maximum absolute atomic E-state index is 12.4. The van der Waals surface area contributed by atoms with E-state index in [1.807, 2.05) is 47.4 Å². The number of carbonyl (C=O) groups excluding carboxylic acids is 1. The van der Waals surface area contributed by atoms with E-state index in [1.54, 1.807) is 13.1 Å². The van der Waals surface area contributed by atoms with Crippen molar-refractivity contribution in [2.24, 2.45) is 0 Å². The summed E-state index contributed by atoms with van der Waals surface area (Å²) >= 11 is 11.7. The summed E-state index contributed by atoms with van der Waals surface area (Å²) in [6.07, 6.45) is 1.77. The first-order valence-corrected chi connectivity index (χ1v) is 11.3. The van der Waals surface area contributed by atoms with Crippen molar-refractivity contribution >= 4 is 34.9 Å². The quantitative estimate of drug-likeness (QED) is 0.418. The lowest BCUT2D eigenvalue weighted by molar-refractivity contribution is -0.143. The zero-order chi connectivity index (χ0) is 22.8. The van der Waals surface area contributed by atoms with E-state index in [9.17, 15) is 4.79 Å². The number of halogens is 1. The highest BCUT2D eigenvalue weighted by molar-refractivity contribution is 7.80. The molecule has 2 atom stereocenters. The molecule has 1 aromatic carbocycles. The molecule has 0 radical (unpaired) electrons. The van der Waals surface area contributed by atoms with E-state index in [0.29, 0.717) is 16.7 Å². The van der Waals surface area contributed by atoms with Crippen LogP contribution in [0.1, 0.15) is 41.7 Å². The van der Waals surface area contributed by atoms with E-state index in [0.717, 1.165) is 28.3 Å². The molecule has 1 N–H and O–H groups in total. The molecule has 0 bridgehead atoms. The van der Waals surface area contributed by atoms with E-state index in [-0.39, 0.29) is 24.6 Å². The fraction of sp³-hybridized carbons (Fsp3) is 0.292. The minimum Gasteiger partial charge on any atom is -0.465 e.